The van der Waals surface area contributed by atoms with Gasteiger partial charge in [0.2, 0.25) is 5.95 Å². The number of rotatable bonds is 7. The molecule has 0 aliphatic heterocycles. The summed E-state index contributed by atoms with van der Waals surface area (Å²) in [6, 6.07) is 1.83. The van der Waals surface area contributed by atoms with Crippen LogP contribution >= 0.6 is 0 Å². The first-order chi connectivity index (χ1) is 17.7. The highest BCUT2D eigenvalue weighted by molar-refractivity contribution is 6.02. The number of hydrogen-bond acceptors (Lipinski definition) is 6. The molecule has 9 nitrogen and oxygen atoms in total. The Morgan fingerprint density at radius 3 is 2.78 bits per heavy atom. The average Bonchev–Trinajstić information content (AvgIpc) is 3.48. The lowest BCUT2D eigenvalue weighted by Gasteiger charge is -2.28. The number of amides is 1. The maximum absolute atomic E-state index is 12.9. The number of aromatic nitrogens is 5. The van der Waals surface area contributed by atoms with Crippen LogP contribution in [0.1, 0.15) is 49.9 Å². The second-order valence-electron chi connectivity index (χ2n) is 9.27. The zero-order valence-electron chi connectivity index (χ0n) is 20.5. The van der Waals surface area contributed by atoms with Crippen LogP contribution in [0.25, 0.3) is 27.7 Å². The third-order valence-electron chi connectivity index (χ3n) is 6.76. The molecule has 3 N–H and O–H groups in total. The van der Waals surface area contributed by atoms with Crippen LogP contribution < -0.4 is 10.6 Å². The van der Waals surface area contributed by atoms with Crippen LogP contribution in [0, 0.1) is 0 Å². The third kappa shape index (κ3) is 5.24. The molecule has 1 aliphatic rings. The molecule has 4 aromatic heterocycles. The number of ether oxygens (including phenoxy) is 1. The van der Waals surface area contributed by atoms with Gasteiger partial charge >= 0.3 is 6.18 Å². The molecule has 0 unspecified atom stereocenters. The van der Waals surface area contributed by atoms with Crippen molar-refractivity contribution < 1.29 is 22.7 Å². The molecule has 0 spiro atoms. The summed E-state index contributed by atoms with van der Waals surface area (Å²) in [4.78, 5) is 24.8. The average molecular weight is 516 g/mol. The second-order valence-corrected chi connectivity index (χ2v) is 9.27. The summed E-state index contributed by atoms with van der Waals surface area (Å²) in [5, 5.41) is 10.3. The fourth-order valence-corrected chi connectivity index (χ4v) is 4.69. The van der Waals surface area contributed by atoms with Crippen molar-refractivity contribution in [2.45, 2.75) is 63.9 Å². The first kappa shape index (κ1) is 25.0. The van der Waals surface area contributed by atoms with Gasteiger partial charge in [-0.2, -0.15) is 23.3 Å². The van der Waals surface area contributed by atoms with Crippen molar-refractivity contribution in [2.24, 2.45) is 0 Å². The van der Waals surface area contributed by atoms with Gasteiger partial charge in [0.05, 0.1) is 23.4 Å². The molecule has 5 rings (SSSR count). The van der Waals surface area contributed by atoms with Crippen LogP contribution in [-0.4, -0.2) is 61.4 Å². The van der Waals surface area contributed by atoms with E-state index in [1.165, 1.54) is 10.7 Å². The standard InChI is InChI=1S/C25H28F3N7O2/c1-3-37-17-6-4-16(5-7-17)33-24-30-12-19-18(11-29-22(19)34-24)15-8-9-35-21(10-15)20(13-31-35)23(36)32-14(2)25(26,27)28/h8-14,16-17H,3-7H2,1-2H3,(H,32,36)(H2,29,30,33,34)/t14-,16?,17?/m1/s1. The molecule has 0 saturated heterocycles. The summed E-state index contributed by atoms with van der Waals surface area (Å²) in [6.45, 7) is 3.65. The van der Waals surface area contributed by atoms with E-state index in [9.17, 15) is 18.0 Å². The first-order valence-electron chi connectivity index (χ1n) is 12.3. The summed E-state index contributed by atoms with van der Waals surface area (Å²) in [7, 11) is 0. The highest BCUT2D eigenvalue weighted by Gasteiger charge is 2.37. The summed E-state index contributed by atoms with van der Waals surface area (Å²) in [5.41, 5.74) is 2.65. The van der Waals surface area contributed by atoms with Gasteiger partial charge in [0.15, 0.2) is 0 Å². The van der Waals surface area contributed by atoms with E-state index in [-0.39, 0.29) is 11.6 Å². The minimum atomic E-state index is -4.54. The molecule has 196 valence electrons. The predicted octanol–water partition coefficient (Wildman–Crippen LogP) is 4.71. The van der Waals surface area contributed by atoms with E-state index in [0.29, 0.717) is 23.2 Å². The number of H-pyrrole nitrogens is 1. The molecule has 1 saturated carbocycles. The lowest BCUT2D eigenvalue weighted by molar-refractivity contribution is -0.149. The van der Waals surface area contributed by atoms with Crippen LogP contribution in [0.15, 0.2) is 36.9 Å². The molecule has 0 radical (unpaired) electrons. The first-order valence-corrected chi connectivity index (χ1v) is 12.3. The number of halogens is 3. The minimum absolute atomic E-state index is 0.0552. The molecule has 0 bridgehead atoms. The maximum Gasteiger partial charge on any atom is 0.408 e. The van der Waals surface area contributed by atoms with Gasteiger partial charge in [-0.3, -0.25) is 4.79 Å². The van der Waals surface area contributed by atoms with E-state index in [1.54, 1.807) is 24.7 Å². The molecule has 1 aliphatic carbocycles. The number of carbonyl (C=O) groups is 1. The summed E-state index contributed by atoms with van der Waals surface area (Å²) < 4.78 is 45.9. The van der Waals surface area contributed by atoms with Gasteiger partial charge < -0.3 is 20.4 Å². The quantitative estimate of drug-likeness (QED) is 0.329. The van der Waals surface area contributed by atoms with Gasteiger partial charge in [-0.1, -0.05) is 0 Å². The molecule has 0 aromatic carbocycles. The lowest BCUT2D eigenvalue weighted by Crippen LogP contribution is -2.43. The Morgan fingerprint density at radius 2 is 2.05 bits per heavy atom. The van der Waals surface area contributed by atoms with Crippen LogP contribution in [0.5, 0.6) is 0 Å². The number of nitrogens with zero attached hydrogens (tertiary/aromatic N) is 4. The maximum atomic E-state index is 12.9. The summed E-state index contributed by atoms with van der Waals surface area (Å²) >= 11 is 0. The molecule has 4 heterocycles. The molecular weight excluding hydrogens is 487 g/mol. The van der Waals surface area contributed by atoms with Gasteiger partial charge in [-0.05, 0) is 57.2 Å². The van der Waals surface area contributed by atoms with Gasteiger partial charge in [0.25, 0.3) is 5.91 Å². The van der Waals surface area contributed by atoms with Crippen molar-refractivity contribution in [3.63, 3.8) is 0 Å². The van der Waals surface area contributed by atoms with Crippen LogP contribution in [0.2, 0.25) is 0 Å². The van der Waals surface area contributed by atoms with Crippen molar-refractivity contribution in [3.8, 4) is 11.1 Å². The van der Waals surface area contributed by atoms with Gasteiger partial charge in [0, 0.05) is 42.2 Å². The number of carbonyl (C=O) groups excluding carboxylic acids is 1. The molecule has 37 heavy (non-hydrogen) atoms. The lowest BCUT2D eigenvalue weighted by atomic mass is 9.93. The predicted molar refractivity (Wildman–Crippen MR) is 132 cm³/mol. The van der Waals surface area contributed by atoms with Crippen LogP contribution in [0.3, 0.4) is 0 Å². The smallest absolute Gasteiger partial charge is 0.379 e. The normalized spacial score (nSPS) is 19.3. The molecule has 1 atom stereocenters. The number of pyridine rings is 1. The Labute approximate surface area is 210 Å². The number of alkyl halides is 3. The molecular formula is C25H28F3N7O2. The number of fused-ring (bicyclic) bond motifs is 2. The molecule has 1 amide bonds. The van der Waals surface area contributed by atoms with Gasteiger partial charge in [0.1, 0.15) is 11.7 Å². The van der Waals surface area contributed by atoms with Gasteiger partial charge in [-0.25, -0.2) is 9.50 Å². The van der Waals surface area contributed by atoms with Crippen molar-refractivity contribution in [3.05, 3.63) is 42.5 Å². The fourth-order valence-electron chi connectivity index (χ4n) is 4.69. The van der Waals surface area contributed by atoms with Crippen molar-refractivity contribution in [1.29, 1.82) is 0 Å². The van der Waals surface area contributed by atoms with E-state index in [2.05, 4.69) is 25.4 Å². The van der Waals surface area contributed by atoms with Gasteiger partial charge in [-0.15, -0.1) is 0 Å². The summed E-state index contributed by atoms with van der Waals surface area (Å²) in [6.07, 6.45) is 6.23. The van der Waals surface area contributed by atoms with Crippen LogP contribution in [0.4, 0.5) is 19.1 Å². The van der Waals surface area contributed by atoms with Crippen molar-refractivity contribution >= 4 is 28.4 Å². The Bertz CT molecular complexity index is 1410. The largest absolute Gasteiger partial charge is 0.408 e. The Balaban J connectivity index is 1.35. The minimum Gasteiger partial charge on any atom is -0.379 e. The Hall–Kier alpha value is -3.67. The van der Waals surface area contributed by atoms with E-state index >= 15 is 0 Å². The molecule has 4 aromatic rings. The van der Waals surface area contributed by atoms with E-state index in [4.69, 9.17) is 4.74 Å². The highest BCUT2D eigenvalue weighted by Crippen LogP contribution is 2.30. The Kier molecular flexibility index (Phi) is 6.76. The number of nitrogens with one attached hydrogen (secondary N) is 3. The topological polar surface area (TPSA) is 109 Å². The third-order valence-corrected chi connectivity index (χ3v) is 6.76. The Morgan fingerprint density at radius 1 is 1.27 bits per heavy atom. The SMILES string of the molecule is CCOC1CCC(Nc2ncc3c(-c4ccn5ncc(C(=O)N[C@H](C)C(F)(F)F)c5c4)c[nH]c3n2)CC1. The van der Waals surface area contributed by atoms with Crippen molar-refractivity contribution in [1.82, 2.24) is 29.9 Å². The fraction of sp³-hybridized carbons (Fsp3) is 0.440. The van der Waals surface area contributed by atoms with Crippen molar-refractivity contribution in [2.75, 3.05) is 11.9 Å². The second kappa shape index (κ2) is 10.0. The number of aromatic amines is 1. The van der Waals surface area contributed by atoms with Crippen LogP contribution in [-0.2, 0) is 4.74 Å². The molecule has 12 heteroatoms. The summed E-state index contributed by atoms with van der Waals surface area (Å²) in [5.74, 6) is -0.296. The number of hydrogen-bond donors (Lipinski definition) is 3. The van der Waals surface area contributed by atoms with E-state index in [1.807, 2.05) is 18.3 Å². The van der Waals surface area contributed by atoms with E-state index in [0.717, 1.165) is 55.7 Å². The van der Waals surface area contributed by atoms with E-state index < -0.39 is 18.1 Å². The zero-order valence-corrected chi connectivity index (χ0v) is 20.5. The highest BCUT2D eigenvalue weighted by atomic mass is 19.4. The molecule has 1 fully saturated rings. The number of anilines is 1. The monoisotopic (exact) mass is 515 g/mol. The zero-order chi connectivity index (χ0) is 26.2.